The van der Waals surface area contributed by atoms with Gasteiger partial charge in [0.2, 0.25) is 11.8 Å². The summed E-state index contributed by atoms with van der Waals surface area (Å²) in [5.41, 5.74) is 1.68. The minimum Gasteiger partial charge on any atom is -0.342 e. The Kier molecular flexibility index (Phi) is 4.22. The zero-order valence-corrected chi connectivity index (χ0v) is 17.7. The highest BCUT2D eigenvalue weighted by Crippen LogP contribution is 2.53. The molecule has 0 radical (unpaired) electrons. The van der Waals surface area contributed by atoms with Crippen molar-refractivity contribution in [3.8, 4) is 0 Å². The van der Waals surface area contributed by atoms with Crippen LogP contribution in [-0.4, -0.2) is 51.1 Å². The van der Waals surface area contributed by atoms with Crippen LogP contribution in [0.2, 0.25) is 0 Å². The van der Waals surface area contributed by atoms with Crippen molar-refractivity contribution >= 4 is 23.2 Å². The third-order valence-electron chi connectivity index (χ3n) is 8.42. The summed E-state index contributed by atoms with van der Waals surface area (Å²) in [6.45, 7) is 1.75. The number of fused-ring (bicyclic) bond motifs is 1. The number of nitrogens with zero attached hydrogens (tertiary/aromatic N) is 4. The summed E-state index contributed by atoms with van der Waals surface area (Å²) >= 11 is 0. The van der Waals surface area contributed by atoms with Crippen LogP contribution in [0.15, 0.2) is 11.2 Å². The summed E-state index contributed by atoms with van der Waals surface area (Å²) in [6, 6.07) is -0.155. The van der Waals surface area contributed by atoms with Crippen LogP contribution in [0.5, 0.6) is 0 Å². The Labute approximate surface area is 180 Å². The topological polar surface area (TPSA) is 67.6 Å². The fourth-order valence-electron chi connectivity index (χ4n) is 5.99. The van der Waals surface area contributed by atoms with E-state index < -0.39 is 5.92 Å². The second-order valence-electron chi connectivity index (χ2n) is 10.4. The molecule has 6 nitrogen and oxygen atoms in total. The van der Waals surface area contributed by atoms with Gasteiger partial charge in [0.1, 0.15) is 0 Å². The fraction of sp³-hybridized carbons (Fsp3) is 0.739. The molecule has 1 aromatic heterocycles. The van der Waals surface area contributed by atoms with Gasteiger partial charge in [-0.15, -0.1) is 0 Å². The minimum atomic E-state index is -2.61. The fourth-order valence-corrected chi connectivity index (χ4v) is 5.99. The Morgan fingerprint density at radius 3 is 2.48 bits per heavy atom. The maximum absolute atomic E-state index is 13.6. The molecule has 1 aromatic rings. The van der Waals surface area contributed by atoms with Crippen molar-refractivity contribution < 1.29 is 18.4 Å². The Balaban J connectivity index is 1.22. The second-order valence-corrected chi connectivity index (χ2v) is 10.4. The number of hydrogen-bond donors (Lipinski definition) is 0. The molecule has 1 amide bonds. The lowest BCUT2D eigenvalue weighted by Crippen LogP contribution is -2.46. The third-order valence-corrected chi connectivity index (χ3v) is 8.42. The van der Waals surface area contributed by atoms with Crippen LogP contribution in [0.25, 0.3) is 0 Å². The zero-order chi connectivity index (χ0) is 21.4. The molecule has 2 aliphatic heterocycles. The summed E-state index contributed by atoms with van der Waals surface area (Å²) in [7, 11) is 0. The molecule has 8 heteroatoms. The van der Waals surface area contributed by atoms with Crippen LogP contribution in [0.4, 0.5) is 14.6 Å². The summed E-state index contributed by atoms with van der Waals surface area (Å²) in [5, 5.41) is 4.37. The van der Waals surface area contributed by atoms with Gasteiger partial charge in [0.25, 0.3) is 0 Å². The number of rotatable bonds is 3. The number of alkyl halides is 2. The largest absolute Gasteiger partial charge is 0.342 e. The molecule has 1 saturated heterocycles. The maximum Gasteiger partial charge on any atom is 0.248 e. The van der Waals surface area contributed by atoms with Gasteiger partial charge in [-0.25, -0.2) is 18.5 Å². The van der Waals surface area contributed by atoms with Gasteiger partial charge >= 0.3 is 0 Å². The SMILES string of the molecule is O=C1CC([C@H]2CC[C@@H]2C(=O)N2CCC3(CC3)C2)=Nc2c1cnn2C1CCC(F)(F)CC1. The van der Waals surface area contributed by atoms with Gasteiger partial charge < -0.3 is 4.90 Å². The molecule has 2 atom stereocenters. The molecule has 3 heterocycles. The summed E-state index contributed by atoms with van der Waals surface area (Å²) in [4.78, 5) is 32.8. The highest BCUT2D eigenvalue weighted by molar-refractivity contribution is 6.16. The first-order valence-corrected chi connectivity index (χ1v) is 11.7. The smallest absolute Gasteiger partial charge is 0.248 e. The third kappa shape index (κ3) is 3.24. The molecule has 3 aliphatic carbocycles. The van der Waals surface area contributed by atoms with Crippen LogP contribution in [-0.2, 0) is 4.79 Å². The molecular weight excluding hydrogens is 402 g/mol. The first-order chi connectivity index (χ1) is 14.8. The van der Waals surface area contributed by atoms with Crippen molar-refractivity contribution in [3.63, 3.8) is 0 Å². The van der Waals surface area contributed by atoms with Crippen molar-refractivity contribution in [2.24, 2.45) is 22.2 Å². The monoisotopic (exact) mass is 430 g/mol. The van der Waals surface area contributed by atoms with Gasteiger partial charge in [-0.2, -0.15) is 5.10 Å². The van der Waals surface area contributed by atoms with Gasteiger partial charge in [0.05, 0.1) is 24.2 Å². The van der Waals surface area contributed by atoms with Crippen molar-refractivity contribution in [1.29, 1.82) is 0 Å². The van der Waals surface area contributed by atoms with E-state index >= 15 is 0 Å². The van der Waals surface area contributed by atoms with Crippen molar-refractivity contribution in [1.82, 2.24) is 14.7 Å². The number of aliphatic imine (C=N–C) groups is 1. The molecule has 4 fully saturated rings. The highest BCUT2D eigenvalue weighted by Gasteiger charge is 2.51. The lowest BCUT2D eigenvalue weighted by atomic mass is 9.68. The van der Waals surface area contributed by atoms with E-state index in [1.807, 2.05) is 4.90 Å². The number of ketones is 1. The van der Waals surface area contributed by atoms with E-state index in [0.717, 1.165) is 38.1 Å². The quantitative estimate of drug-likeness (QED) is 0.717. The van der Waals surface area contributed by atoms with Gasteiger partial charge in [-0.3, -0.25) is 9.59 Å². The molecule has 5 aliphatic rings. The number of carbonyl (C=O) groups excluding carboxylic acids is 2. The summed E-state index contributed by atoms with van der Waals surface area (Å²) < 4.78 is 28.9. The molecule has 166 valence electrons. The number of hydrogen-bond acceptors (Lipinski definition) is 4. The van der Waals surface area contributed by atoms with E-state index in [9.17, 15) is 18.4 Å². The molecule has 3 saturated carbocycles. The van der Waals surface area contributed by atoms with Gasteiger partial charge in [0, 0.05) is 43.5 Å². The molecule has 1 spiro atoms. The molecular formula is C23H28F2N4O2. The van der Waals surface area contributed by atoms with E-state index in [0.29, 0.717) is 29.6 Å². The van der Waals surface area contributed by atoms with E-state index in [2.05, 4.69) is 5.10 Å². The van der Waals surface area contributed by atoms with Crippen LogP contribution in [0.3, 0.4) is 0 Å². The number of likely N-dealkylation sites (tertiary alicyclic amines) is 1. The van der Waals surface area contributed by atoms with Crippen LogP contribution in [0, 0.1) is 17.3 Å². The highest BCUT2D eigenvalue weighted by atomic mass is 19.3. The van der Waals surface area contributed by atoms with E-state index in [1.54, 1.807) is 4.68 Å². The Morgan fingerprint density at radius 2 is 1.84 bits per heavy atom. The van der Waals surface area contributed by atoms with Crippen molar-refractivity contribution in [2.75, 3.05) is 13.1 Å². The molecule has 0 N–H and O–H groups in total. The normalized spacial score (nSPS) is 31.4. The molecule has 31 heavy (non-hydrogen) atoms. The summed E-state index contributed by atoms with van der Waals surface area (Å²) in [5.74, 6) is -1.96. The van der Waals surface area contributed by atoms with E-state index in [-0.39, 0.29) is 48.8 Å². The Bertz CT molecular complexity index is 970. The van der Waals surface area contributed by atoms with Crippen LogP contribution >= 0.6 is 0 Å². The van der Waals surface area contributed by atoms with Crippen molar-refractivity contribution in [3.05, 3.63) is 11.8 Å². The number of Topliss-reactive ketones (excluding diaryl/α,β-unsaturated/α-hetero) is 1. The molecule has 0 unspecified atom stereocenters. The number of amides is 1. The molecule has 6 rings (SSSR count). The average Bonchev–Trinajstić information content (AvgIpc) is 3.11. The van der Waals surface area contributed by atoms with Crippen LogP contribution in [0.1, 0.15) is 80.6 Å². The Hall–Kier alpha value is -2.12. The second kappa shape index (κ2) is 6.69. The lowest BCUT2D eigenvalue weighted by Gasteiger charge is -2.39. The molecule has 0 aromatic carbocycles. The first kappa shape index (κ1) is 19.6. The number of aromatic nitrogens is 2. The predicted molar refractivity (Wildman–Crippen MR) is 110 cm³/mol. The average molecular weight is 430 g/mol. The number of carbonyl (C=O) groups is 2. The van der Waals surface area contributed by atoms with Gasteiger partial charge in [0.15, 0.2) is 11.6 Å². The zero-order valence-electron chi connectivity index (χ0n) is 17.7. The number of halogens is 2. The first-order valence-electron chi connectivity index (χ1n) is 11.7. The standard InChI is InChI=1S/C23H28F2N4O2/c24-23(25)5-3-14(4-6-23)29-20-17(12-26-29)19(30)11-18(27-20)15-1-2-16(15)21(31)28-10-9-22(13-28)7-8-22/h12,14-16H,1-11,13H2/t15-,16-/m0/s1. The van der Waals surface area contributed by atoms with E-state index in [1.165, 1.54) is 19.0 Å². The van der Waals surface area contributed by atoms with Gasteiger partial charge in [-0.1, -0.05) is 0 Å². The van der Waals surface area contributed by atoms with E-state index in [4.69, 9.17) is 4.99 Å². The summed E-state index contributed by atoms with van der Waals surface area (Å²) in [6.07, 6.45) is 7.46. The van der Waals surface area contributed by atoms with Crippen LogP contribution < -0.4 is 0 Å². The maximum atomic E-state index is 13.6. The lowest BCUT2D eigenvalue weighted by molar-refractivity contribution is -0.138. The Morgan fingerprint density at radius 1 is 1.06 bits per heavy atom. The van der Waals surface area contributed by atoms with Crippen molar-refractivity contribution in [2.45, 2.75) is 76.2 Å². The predicted octanol–water partition coefficient (Wildman–Crippen LogP) is 4.33. The molecule has 0 bridgehead atoms. The van der Waals surface area contributed by atoms with Gasteiger partial charge in [-0.05, 0) is 50.4 Å². The minimum absolute atomic E-state index is 0.0133.